The first-order valence-electron chi connectivity index (χ1n) is 3.08. The summed E-state index contributed by atoms with van der Waals surface area (Å²) >= 11 is -3.20. The van der Waals surface area contributed by atoms with E-state index in [0.717, 1.165) is 0 Å². The predicted molar refractivity (Wildman–Crippen MR) is 29.9 cm³/mol. The van der Waals surface area contributed by atoms with Gasteiger partial charge in [0, 0.05) is 0 Å². The van der Waals surface area contributed by atoms with E-state index in [1.807, 2.05) is 21.1 Å². The fourth-order valence-electron chi connectivity index (χ4n) is 0.379. The molecule has 0 aliphatic heterocycles. The Morgan fingerprint density at radius 2 is 1.82 bits per heavy atom. The molecule has 0 rings (SSSR count). The van der Waals surface area contributed by atoms with E-state index in [1.54, 1.807) is 0 Å². The molecule has 0 aliphatic rings. The molecule has 0 saturated heterocycles. The minimum absolute atomic E-state index is 0.280. The lowest BCUT2D eigenvalue weighted by Crippen LogP contribution is -2.39. The zero-order valence-electron chi connectivity index (χ0n) is 6.87. The van der Waals surface area contributed by atoms with Gasteiger partial charge in [0.25, 0.3) is 0 Å². The van der Waals surface area contributed by atoms with Crippen LogP contribution in [0, 0.1) is 14.8 Å². The lowest BCUT2D eigenvalue weighted by atomic mass is 10.5. The van der Waals surface area contributed by atoms with E-state index in [1.165, 1.54) is 0 Å². The lowest BCUT2D eigenvalue weighted by Gasteiger charge is -2.22. The largest absolute Gasteiger partial charge is 0.482 e. The SMILES string of the molecule is C[N+](C)(C)CCOO[Br+2]([O-])[O-]. The Labute approximate surface area is 71.5 Å². The second-order valence-corrected chi connectivity index (χ2v) is 4.15. The summed E-state index contributed by atoms with van der Waals surface area (Å²) in [6.07, 6.45) is 0. The van der Waals surface area contributed by atoms with E-state index < -0.39 is 14.8 Å². The maximum absolute atomic E-state index is 9.85. The van der Waals surface area contributed by atoms with Crippen molar-refractivity contribution in [1.82, 2.24) is 0 Å². The molecule has 0 saturated carbocycles. The summed E-state index contributed by atoms with van der Waals surface area (Å²) in [5.41, 5.74) is 0. The third-order valence-electron chi connectivity index (χ3n) is 0.941. The average Bonchev–Trinajstić information content (AvgIpc) is 1.78. The molecule has 11 heavy (non-hydrogen) atoms. The van der Waals surface area contributed by atoms with E-state index in [9.17, 15) is 8.40 Å². The third-order valence-corrected chi connectivity index (χ3v) is 1.34. The number of hydrogen-bond donors (Lipinski definition) is 0. The first-order chi connectivity index (χ1) is 4.92. The molecule has 5 nitrogen and oxygen atoms in total. The van der Waals surface area contributed by atoms with Gasteiger partial charge in [-0.1, -0.05) is 0 Å². The van der Waals surface area contributed by atoms with Crippen LogP contribution in [0.5, 0.6) is 0 Å². The quantitative estimate of drug-likeness (QED) is 0.231. The van der Waals surface area contributed by atoms with Crippen LogP contribution >= 0.6 is 0 Å². The fraction of sp³-hybridized carbons (Fsp3) is 1.00. The molecule has 0 atom stereocenters. The average molecular weight is 231 g/mol. The van der Waals surface area contributed by atoms with Crippen LogP contribution in [0.25, 0.3) is 0 Å². The van der Waals surface area contributed by atoms with Crippen molar-refractivity contribution in [2.24, 2.45) is 0 Å². The number of rotatable bonds is 5. The monoisotopic (exact) mass is 230 g/mol. The molecule has 0 bridgehead atoms. The smallest absolute Gasteiger partial charge is 0.369 e. The van der Waals surface area contributed by atoms with Crippen molar-refractivity contribution < 1.29 is 36.6 Å². The summed E-state index contributed by atoms with van der Waals surface area (Å²) in [4.78, 5) is 4.38. The molecule has 68 valence electrons. The Bertz CT molecular complexity index is 103. The third kappa shape index (κ3) is 10.3. The van der Waals surface area contributed by atoms with Crippen molar-refractivity contribution in [2.45, 2.75) is 0 Å². The molecule has 0 radical (unpaired) electrons. The minimum atomic E-state index is -3.20. The highest BCUT2D eigenvalue weighted by Crippen LogP contribution is 1.90. The zero-order chi connectivity index (χ0) is 8.91. The van der Waals surface area contributed by atoms with Crippen molar-refractivity contribution in [3.8, 4) is 0 Å². The van der Waals surface area contributed by atoms with Crippen molar-refractivity contribution >= 4 is 0 Å². The predicted octanol–water partition coefficient (Wildman–Crippen LogP) is -2.27. The second-order valence-electron chi connectivity index (χ2n) is 3.09. The molecule has 0 unspecified atom stereocenters. The van der Waals surface area contributed by atoms with Crippen LogP contribution in [-0.2, 0) is 8.87 Å². The Balaban J connectivity index is 3.15. The first kappa shape index (κ1) is 11.3. The van der Waals surface area contributed by atoms with Crippen molar-refractivity contribution in [1.29, 1.82) is 0 Å². The lowest BCUT2D eigenvalue weighted by molar-refractivity contribution is -1.64. The molecular weight excluding hydrogens is 218 g/mol. The molecule has 0 spiro atoms. The van der Waals surface area contributed by atoms with E-state index in [4.69, 9.17) is 0 Å². The van der Waals surface area contributed by atoms with Crippen molar-refractivity contribution in [2.75, 3.05) is 34.3 Å². The van der Waals surface area contributed by atoms with Gasteiger partial charge in [-0.3, -0.25) is 0 Å². The van der Waals surface area contributed by atoms with Gasteiger partial charge in [0.15, 0.2) is 3.98 Å². The highest BCUT2D eigenvalue weighted by atomic mass is 80.0. The molecule has 0 aromatic rings. The van der Waals surface area contributed by atoms with Gasteiger partial charge in [-0.2, -0.15) is 0 Å². The van der Waals surface area contributed by atoms with Crippen LogP contribution in [0.2, 0.25) is 0 Å². The van der Waals surface area contributed by atoms with Gasteiger partial charge in [-0.05, 0) is 0 Å². The number of likely N-dealkylation sites (N-methyl/N-ethyl adjacent to an activating group) is 1. The van der Waals surface area contributed by atoms with E-state index >= 15 is 0 Å². The Morgan fingerprint density at radius 1 is 1.27 bits per heavy atom. The van der Waals surface area contributed by atoms with E-state index in [-0.39, 0.29) is 6.61 Å². The van der Waals surface area contributed by atoms with Crippen LogP contribution in [0.4, 0.5) is 0 Å². The van der Waals surface area contributed by atoms with Gasteiger partial charge in [0.2, 0.25) is 0 Å². The highest BCUT2D eigenvalue weighted by molar-refractivity contribution is 4.21. The number of halogens is 1. The number of hydrogen-bond acceptors (Lipinski definition) is 4. The summed E-state index contributed by atoms with van der Waals surface area (Å²) in [5.74, 6) is 0. The summed E-state index contributed by atoms with van der Waals surface area (Å²) in [5, 5.41) is 0. The summed E-state index contributed by atoms with van der Waals surface area (Å²) < 4.78 is 24.3. The normalized spacial score (nSPS) is 12.5. The van der Waals surface area contributed by atoms with Crippen molar-refractivity contribution in [3.63, 3.8) is 0 Å². The Hall–Kier alpha value is 0.280. The molecule has 0 aliphatic carbocycles. The van der Waals surface area contributed by atoms with Crippen LogP contribution < -0.4 is 8.40 Å². The van der Waals surface area contributed by atoms with Gasteiger partial charge in [-0.25, -0.2) is 0 Å². The maximum Gasteiger partial charge on any atom is 0.482 e. The molecule has 0 aromatic heterocycles. The summed E-state index contributed by atoms with van der Waals surface area (Å²) in [7, 11) is 5.93. The summed E-state index contributed by atoms with van der Waals surface area (Å²) in [6, 6.07) is 0. The van der Waals surface area contributed by atoms with Gasteiger partial charge < -0.3 is 12.9 Å². The van der Waals surface area contributed by atoms with E-state index in [0.29, 0.717) is 11.0 Å². The summed E-state index contributed by atoms with van der Waals surface area (Å²) in [6.45, 7) is 0.984. The Morgan fingerprint density at radius 3 is 2.18 bits per heavy atom. The highest BCUT2D eigenvalue weighted by Gasteiger charge is 2.13. The fourth-order valence-corrected chi connectivity index (χ4v) is 0.664. The molecular formula is C5H13BrNO4+. The Kier molecular flexibility index (Phi) is 5.15. The molecule has 6 heteroatoms. The number of quaternary nitrogens is 1. The van der Waals surface area contributed by atoms with E-state index in [2.05, 4.69) is 8.87 Å². The van der Waals surface area contributed by atoms with Gasteiger partial charge >= 0.3 is 14.8 Å². The molecule has 0 N–H and O–H groups in total. The zero-order valence-corrected chi connectivity index (χ0v) is 8.46. The number of nitrogens with zero attached hydrogens (tertiary/aromatic N) is 1. The van der Waals surface area contributed by atoms with Crippen LogP contribution in [0.15, 0.2) is 0 Å². The van der Waals surface area contributed by atoms with Gasteiger partial charge in [0.1, 0.15) is 13.2 Å². The van der Waals surface area contributed by atoms with Gasteiger partial charge in [-0.15, -0.1) is 4.89 Å². The van der Waals surface area contributed by atoms with Crippen LogP contribution in [-0.4, -0.2) is 38.8 Å². The first-order valence-corrected chi connectivity index (χ1v) is 5.02. The molecule has 0 fully saturated rings. The molecule has 0 amide bonds. The van der Waals surface area contributed by atoms with Crippen LogP contribution in [0.3, 0.4) is 0 Å². The molecule has 0 heterocycles. The van der Waals surface area contributed by atoms with Crippen LogP contribution in [0.1, 0.15) is 0 Å². The second kappa shape index (κ2) is 5.02. The topological polar surface area (TPSA) is 64.6 Å². The van der Waals surface area contributed by atoms with Crippen molar-refractivity contribution in [3.05, 3.63) is 0 Å². The molecule has 0 aromatic carbocycles. The standard InChI is InChI=1S/C5H13BrNO4/c1-7(2,3)4-5-10-11-6(8)9/h4-5H2,1-3H3/q+1. The maximum atomic E-state index is 9.85. The van der Waals surface area contributed by atoms with Gasteiger partial charge in [0.05, 0.1) is 21.1 Å². The minimum Gasteiger partial charge on any atom is -0.369 e.